The molecule has 1 heterocycles. The molecule has 3 aliphatic rings. The number of para-hydroxylation sites is 1. The molecule has 0 unspecified atom stereocenters. The highest BCUT2D eigenvalue weighted by molar-refractivity contribution is 5.81. The number of nitrogens with one attached hydrogen (secondary N) is 1. The number of imidazole rings is 1. The van der Waals surface area contributed by atoms with Crippen molar-refractivity contribution < 1.29 is 14.3 Å². The Morgan fingerprint density at radius 2 is 1.95 bits per heavy atom. The van der Waals surface area contributed by atoms with Crippen molar-refractivity contribution in [3.63, 3.8) is 0 Å². The first kappa shape index (κ1) is 27.4. The van der Waals surface area contributed by atoms with Crippen molar-refractivity contribution in [1.29, 1.82) is 0 Å². The first-order chi connectivity index (χ1) is 18.9. The number of hydrogen-bond acceptors (Lipinski definition) is 5. The van der Waals surface area contributed by atoms with Crippen LogP contribution in [-0.4, -0.2) is 53.7 Å². The quantitative estimate of drug-likeness (QED) is 0.281. The summed E-state index contributed by atoms with van der Waals surface area (Å²) in [5.41, 5.74) is 4.25. The molecule has 6 rings (SSSR count). The minimum Gasteiger partial charge on any atom is -0.494 e. The van der Waals surface area contributed by atoms with Gasteiger partial charge in [0.05, 0.1) is 18.5 Å². The summed E-state index contributed by atoms with van der Waals surface area (Å²) in [6.45, 7) is 5.74. The summed E-state index contributed by atoms with van der Waals surface area (Å²) in [6, 6.07) is 16.7. The molecule has 2 bridgehead atoms. The molecule has 1 saturated carbocycles. The highest BCUT2D eigenvalue weighted by Gasteiger charge is 2.48. The van der Waals surface area contributed by atoms with E-state index in [1.165, 1.54) is 17.6 Å². The summed E-state index contributed by atoms with van der Waals surface area (Å²) in [4.78, 5) is 23.6. The van der Waals surface area contributed by atoms with Crippen LogP contribution in [0.25, 0.3) is 16.6 Å². The predicted octanol–water partition coefficient (Wildman–Crippen LogP) is 6.67. The van der Waals surface area contributed by atoms with Gasteiger partial charge >= 0.3 is 5.97 Å². The molecule has 3 aliphatic carbocycles. The third-order valence-electron chi connectivity index (χ3n) is 8.65. The number of carbonyl (C=O) groups excluding carboxylic acids is 1. The standard InChI is InChI=1S/C33H43N3O3/c1-23(2)32(37)39-33(22-25-13-8-14-26(33)21-27(25)24-11-6-5-7-12-24)18-20-36(3)19-10-17-30-34-28-15-9-16-29(38-4)31(28)35-30/h5-7,9,11-12,15-16,21,23,25-26H,8,10,13-14,17-20,22H2,1-4H3,(H,34,35)/t25-,26-,33+/m1/s1. The maximum atomic E-state index is 13.0. The summed E-state index contributed by atoms with van der Waals surface area (Å²) in [5.74, 6) is 2.29. The van der Waals surface area contributed by atoms with Gasteiger partial charge in [-0.1, -0.05) is 62.7 Å². The van der Waals surface area contributed by atoms with E-state index < -0.39 is 5.60 Å². The molecule has 6 heteroatoms. The molecular weight excluding hydrogens is 486 g/mol. The Balaban J connectivity index is 1.25. The molecule has 6 nitrogen and oxygen atoms in total. The van der Waals surface area contributed by atoms with Crippen molar-refractivity contribution in [3.8, 4) is 5.75 Å². The molecule has 1 N–H and O–H groups in total. The van der Waals surface area contributed by atoms with Gasteiger partial charge in [0.25, 0.3) is 0 Å². The van der Waals surface area contributed by atoms with Crippen molar-refractivity contribution in [3.05, 3.63) is 66.0 Å². The van der Waals surface area contributed by atoms with Gasteiger partial charge in [0, 0.05) is 25.3 Å². The first-order valence-electron chi connectivity index (χ1n) is 14.6. The average molecular weight is 530 g/mol. The topological polar surface area (TPSA) is 67.4 Å². The monoisotopic (exact) mass is 529 g/mol. The lowest BCUT2D eigenvalue weighted by Gasteiger charge is -2.44. The van der Waals surface area contributed by atoms with E-state index in [2.05, 4.69) is 53.3 Å². The van der Waals surface area contributed by atoms with Crippen LogP contribution >= 0.6 is 0 Å². The van der Waals surface area contributed by atoms with Gasteiger partial charge in [-0.2, -0.15) is 0 Å². The number of H-pyrrole nitrogens is 1. The van der Waals surface area contributed by atoms with Crippen LogP contribution in [0.3, 0.4) is 0 Å². The van der Waals surface area contributed by atoms with E-state index in [0.717, 1.165) is 74.2 Å². The fourth-order valence-corrected chi connectivity index (χ4v) is 6.46. The third kappa shape index (κ3) is 6.06. The zero-order chi connectivity index (χ0) is 27.4. The number of allylic oxidation sites excluding steroid dienone is 1. The van der Waals surface area contributed by atoms with Crippen LogP contribution in [0.1, 0.15) is 63.8 Å². The van der Waals surface area contributed by atoms with Gasteiger partial charge in [0.2, 0.25) is 0 Å². The van der Waals surface area contributed by atoms with Crippen molar-refractivity contribution in [2.24, 2.45) is 17.8 Å². The van der Waals surface area contributed by atoms with Crippen LogP contribution in [0.4, 0.5) is 0 Å². The molecule has 0 amide bonds. The molecule has 0 aliphatic heterocycles. The Hall–Kier alpha value is -3.12. The van der Waals surface area contributed by atoms with Crippen LogP contribution in [-0.2, 0) is 16.0 Å². The minimum absolute atomic E-state index is 0.0693. The number of benzene rings is 2. The minimum atomic E-state index is -0.426. The second-order valence-corrected chi connectivity index (χ2v) is 11.8. The van der Waals surface area contributed by atoms with E-state index in [-0.39, 0.29) is 17.8 Å². The second kappa shape index (κ2) is 12.0. The number of rotatable bonds is 11. The molecule has 1 aromatic heterocycles. The maximum absolute atomic E-state index is 13.0. The van der Waals surface area contributed by atoms with Crippen molar-refractivity contribution in [2.75, 3.05) is 27.2 Å². The molecule has 3 aromatic rings. The van der Waals surface area contributed by atoms with Gasteiger partial charge < -0.3 is 19.4 Å². The molecule has 1 fully saturated rings. The highest BCUT2D eigenvalue weighted by Crippen LogP contribution is 2.51. The summed E-state index contributed by atoms with van der Waals surface area (Å²) >= 11 is 0. The van der Waals surface area contributed by atoms with Crippen LogP contribution in [0.5, 0.6) is 5.75 Å². The van der Waals surface area contributed by atoms with Crippen LogP contribution in [0.2, 0.25) is 0 Å². The van der Waals surface area contributed by atoms with Crippen LogP contribution < -0.4 is 4.74 Å². The number of aromatic amines is 1. The van der Waals surface area contributed by atoms with Crippen LogP contribution in [0, 0.1) is 17.8 Å². The lowest BCUT2D eigenvalue weighted by Crippen LogP contribution is -2.47. The zero-order valence-corrected chi connectivity index (χ0v) is 23.9. The smallest absolute Gasteiger partial charge is 0.308 e. The van der Waals surface area contributed by atoms with Crippen molar-refractivity contribution >= 4 is 22.6 Å². The Kier molecular flexibility index (Phi) is 8.41. The Bertz CT molecular complexity index is 1300. The van der Waals surface area contributed by atoms with Gasteiger partial charge in [-0.25, -0.2) is 4.98 Å². The van der Waals surface area contributed by atoms with Gasteiger partial charge in [0.1, 0.15) is 22.7 Å². The molecular formula is C33H43N3O3. The number of aryl methyl sites for hydroxylation is 1. The maximum Gasteiger partial charge on any atom is 0.308 e. The zero-order valence-electron chi connectivity index (χ0n) is 23.9. The summed E-state index contributed by atoms with van der Waals surface area (Å²) < 4.78 is 11.9. The Labute approximate surface area is 232 Å². The van der Waals surface area contributed by atoms with Gasteiger partial charge in [-0.3, -0.25) is 4.79 Å². The van der Waals surface area contributed by atoms with Crippen LogP contribution in [0.15, 0.2) is 54.6 Å². The molecule has 2 aromatic carbocycles. The fraction of sp³-hybridized carbons (Fsp3) is 0.515. The Morgan fingerprint density at radius 3 is 2.72 bits per heavy atom. The summed E-state index contributed by atoms with van der Waals surface area (Å²) in [7, 11) is 3.86. The molecule has 3 atom stereocenters. The average Bonchev–Trinajstić information content (AvgIpc) is 3.14. The van der Waals surface area contributed by atoms with Crippen molar-refractivity contribution in [2.45, 2.75) is 64.4 Å². The SMILES string of the molecule is COc1cccc2[nH]c(CCCN(C)CC[C@]3(OC(=O)C(C)C)C[C@H]4CCC[C@@H]3C=C4c3ccccc3)nc12. The van der Waals surface area contributed by atoms with E-state index in [4.69, 9.17) is 14.5 Å². The molecule has 0 radical (unpaired) electrons. The van der Waals surface area contributed by atoms with E-state index in [1.54, 1.807) is 7.11 Å². The molecule has 0 spiro atoms. The number of ether oxygens (including phenoxy) is 2. The lowest BCUT2D eigenvalue weighted by atomic mass is 9.69. The number of aromatic nitrogens is 2. The number of hydrogen-bond donors (Lipinski definition) is 1. The molecule has 39 heavy (non-hydrogen) atoms. The first-order valence-corrected chi connectivity index (χ1v) is 14.6. The number of esters is 1. The number of nitrogens with zero attached hydrogens (tertiary/aromatic N) is 2. The Morgan fingerprint density at radius 1 is 1.13 bits per heavy atom. The molecule has 0 saturated heterocycles. The number of carbonyl (C=O) groups is 1. The summed E-state index contributed by atoms with van der Waals surface area (Å²) in [5, 5.41) is 0. The fourth-order valence-electron chi connectivity index (χ4n) is 6.46. The third-order valence-corrected chi connectivity index (χ3v) is 8.65. The normalized spacial score (nSPS) is 22.8. The van der Waals surface area contributed by atoms with E-state index in [1.807, 2.05) is 32.0 Å². The van der Waals surface area contributed by atoms with E-state index >= 15 is 0 Å². The predicted molar refractivity (Wildman–Crippen MR) is 157 cm³/mol. The lowest BCUT2D eigenvalue weighted by molar-refractivity contribution is -0.172. The largest absolute Gasteiger partial charge is 0.494 e. The number of methoxy groups -OCH3 is 1. The number of fused-ring (bicyclic) bond motifs is 4. The summed E-state index contributed by atoms with van der Waals surface area (Å²) in [6.07, 6.45) is 9.55. The second-order valence-electron chi connectivity index (χ2n) is 11.8. The molecule has 208 valence electrons. The highest BCUT2D eigenvalue weighted by atomic mass is 16.6. The van der Waals surface area contributed by atoms with Crippen molar-refractivity contribution in [1.82, 2.24) is 14.9 Å². The van der Waals surface area contributed by atoms with E-state index in [0.29, 0.717) is 5.92 Å². The van der Waals surface area contributed by atoms with E-state index in [9.17, 15) is 4.79 Å². The van der Waals surface area contributed by atoms with Gasteiger partial charge in [-0.05, 0) is 68.5 Å². The van der Waals surface area contributed by atoms with Gasteiger partial charge in [-0.15, -0.1) is 0 Å². The van der Waals surface area contributed by atoms with Gasteiger partial charge in [0.15, 0.2) is 0 Å².